The molecule has 0 aromatic carbocycles. The quantitative estimate of drug-likeness (QED) is 0.363. The summed E-state index contributed by atoms with van der Waals surface area (Å²) in [7, 11) is -5.99. The van der Waals surface area contributed by atoms with Gasteiger partial charge in [0.2, 0.25) is 0 Å². The van der Waals surface area contributed by atoms with Crippen LogP contribution < -0.4 is 0 Å². The van der Waals surface area contributed by atoms with Crippen LogP contribution in [0, 0.1) is 0 Å². The zero-order chi connectivity index (χ0) is 25.2. The third kappa shape index (κ3) is 4.05. The normalized spacial score (nSPS) is 16.8. The molecular formula is C8F17LiO3S. The van der Waals surface area contributed by atoms with Gasteiger partial charge >= 0.3 is 160 Å². The van der Waals surface area contributed by atoms with E-state index >= 15 is 0 Å². The Balaban J connectivity index is 6.77. The molecule has 0 amide bonds. The van der Waals surface area contributed by atoms with Crippen molar-refractivity contribution in [2.45, 2.75) is 47.8 Å². The van der Waals surface area contributed by atoms with Gasteiger partial charge in [0.25, 0.3) is 0 Å². The molecule has 176 valence electrons. The van der Waals surface area contributed by atoms with Crippen molar-refractivity contribution in [2.24, 2.45) is 0 Å². The first-order chi connectivity index (χ1) is 12.5. The van der Waals surface area contributed by atoms with Gasteiger partial charge in [-0.25, -0.2) is 0 Å². The van der Waals surface area contributed by atoms with Crippen LogP contribution in [-0.4, -0.2) is 72.8 Å². The van der Waals surface area contributed by atoms with Gasteiger partial charge in [-0.15, -0.1) is 0 Å². The fraction of sp³-hybridized carbons (Fsp3) is 1.00. The van der Waals surface area contributed by atoms with Crippen molar-refractivity contribution in [3.05, 3.63) is 0 Å². The average Bonchev–Trinajstić information content (AvgIpc) is 2.41. The molecule has 0 heterocycles. The number of rotatable bonds is 8. The summed E-state index contributed by atoms with van der Waals surface area (Å²) in [5.41, 5.74) is 0. The van der Waals surface area contributed by atoms with Gasteiger partial charge in [0.05, 0.1) is 0 Å². The second-order valence-electron chi connectivity index (χ2n) is 5.25. The Kier molecular flexibility index (Phi) is 7.00. The van der Waals surface area contributed by atoms with E-state index in [0.717, 1.165) is 0 Å². The Morgan fingerprint density at radius 2 is 0.700 bits per heavy atom. The van der Waals surface area contributed by atoms with E-state index in [4.69, 9.17) is 0 Å². The van der Waals surface area contributed by atoms with E-state index in [2.05, 4.69) is 0 Å². The topological polar surface area (TPSA) is 43.4 Å². The SMILES string of the molecule is [Li][S](=O)(=O)OC(F)(F)C(F)(F)C(F)(F)C(F)(F)C(F)(F)C(F)(F)C(F)(F)C(F)(F)F. The van der Waals surface area contributed by atoms with Gasteiger partial charge < -0.3 is 0 Å². The van der Waals surface area contributed by atoms with Crippen molar-refractivity contribution in [2.75, 3.05) is 0 Å². The van der Waals surface area contributed by atoms with Crippen molar-refractivity contribution in [1.29, 1.82) is 0 Å². The summed E-state index contributed by atoms with van der Waals surface area (Å²) in [5.74, 6) is -51.3. The van der Waals surface area contributed by atoms with E-state index in [-0.39, 0.29) is 0 Å². The summed E-state index contributed by atoms with van der Waals surface area (Å²) in [5, 5.41) is 0. The summed E-state index contributed by atoms with van der Waals surface area (Å²) in [6, 6.07) is 0. The molecular weight excluding hydrogens is 506 g/mol. The molecule has 0 spiro atoms. The molecule has 0 aromatic heterocycles. The van der Waals surface area contributed by atoms with Crippen molar-refractivity contribution in [3.63, 3.8) is 0 Å². The van der Waals surface area contributed by atoms with Gasteiger partial charge in [-0.2, -0.15) is 0 Å². The molecule has 22 heteroatoms. The second kappa shape index (κ2) is 7.16. The maximum atomic E-state index is 13.2. The van der Waals surface area contributed by atoms with Gasteiger partial charge in [-0.1, -0.05) is 0 Å². The van der Waals surface area contributed by atoms with E-state index < -0.39 is 72.6 Å². The Bertz CT molecular complexity index is 753. The molecule has 30 heavy (non-hydrogen) atoms. The second-order valence-corrected chi connectivity index (χ2v) is 6.82. The molecule has 0 aliphatic carbocycles. The molecule has 0 bridgehead atoms. The fourth-order valence-corrected chi connectivity index (χ4v) is 1.88. The molecule has 0 rings (SSSR count). The molecule has 0 N–H and O–H groups in total. The molecule has 0 saturated carbocycles. The zero-order valence-electron chi connectivity index (χ0n) is 13.1. The molecule has 0 saturated heterocycles. The fourth-order valence-electron chi connectivity index (χ4n) is 1.39. The minimum atomic E-state index is -8.79. The van der Waals surface area contributed by atoms with Crippen LogP contribution in [0.15, 0.2) is 0 Å². The number of hydrogen-bond acceptors (Lipinski definition) is 3. The van der Waals surface area contributed by atoms with Crippen molar-refractivity contribution >= 4 is 24.7 Å². The summed E-state index contributed by atoms with van der Waals surface area (Å²) in [6.07, 6.45) is -15.3. The van der Waals surface area contributed by atoms with Crippen LogP contribution in [0.3, 0.4) is 0 Å². The molecule has 0 atom stereocenters. The third-order valence-corrected chi connectivity index (χ3v) is 3.46. The van der Waals surface area contributed by atoms with Crippen LogP contribution in [-0.2, 0) is 12.4 Å². The first kappa shape index (κ1) is 29.3. The predicted molar refractivity (Wildman–Crippen MR) is 56.4 cm³/mol. The first-order valence-electron chi connectivity index (χ1n) is 6.08. The van der Waals surface area contributed by atoms with Gasteiger partial charge in [0.1, 0.15) is 0 Å². The average molecular weight is 506 g/mol. The zero-order valence-corrected chi connectivity index (χ0v) is 13.9. The van der Waals surface area contributed by atoms with Crippen molar-refractivity contribution < 1.29 is 87.2 Å². The van der Waals surface area contributed by atoms with E-state index in [1.54, 1.807) is 0 Å². The maximum absolute atomic E-state index is 13.2. The Hall–Kier alpha value is -0.683. The van der Waals surface area contributed by atoms with E-state index in [1.807, 2.05) is 4.18 Å². The monoisotopic (exact) mass is 506 g/mol. The van der Waals surface area contributed by atoms with Crippen LogP contribution in [0.25, 0.3) is 0 Å². The summed E-state index contributed by atoms with van der Waals surface area (Å²) < 4.78 is 240. The number of hydrogen-bond donors (Lipinski definition) is 0. The molecule has 0 aliphatic rings. The predicted octanol–water partition coefficient (Wildman–Crippen LogP) is 4.38. The molecule has 0 fully saturated rings. The Morgan fingerprint density at radius 1 is 0.467 bits per heavy atom. The van der Waals surface area contributed by atoms with Gasteiger partial charge in [-0.3, -0.25) is 0 Å². The molecule has 0 aromatic rings. The van der Waals surface area contributed by atoms with Crippen LogP contribution in [0.4, 0.5) is 74.6 Å². The van der Waals surface area contributed by atoms with Crippen LogP contribution in [0.5, 0.6) is 0 Å². The Morgan fingerprint density at radius 3 is 0.933 bits per heavy atom. The van der Waals surface area contributed by atoms with Gasteiger partial charge in [-0.05, 0) is 0 Å². The number of alkyl halides is 17. The Labute approximate surface area is 160 Å². The van der Waals surface area contributed by atoms with Gasteiger partial charge in [0.15, 0.2) is 0 Å². The molecule has 0 aliphatic heterocycles. The minimum absolute atomic E-state index is 0.597. The molecule has 0 radical (unpaired) electrons. The standard InChI is InChI=1S/C8F17O3S.Li/c9-1(10,3(13,14)5(17,18)7(21,22)23)2(11,12)4(15,16)6(19,20)8(24,25)28-29(26)27;. The first-order valence-corrected chi connectivity index (χ1v) is 7.89. The van der Waals surface area contributed by atoms with Crippen LogP contribution >= 0.6 is 0 Å². The van der Waals surface area contributed by atoms with Crippen LogP contribution in [0.2, 0.25) is 0 Å². The van der Waals surface area contributed by atoms with Crippen molar-refractivity contribution in [3.8, 4) is 0 Å². The van der Waals surface area contributed by atoms with E-state index in [0.29, 0.717) is 0 Å². The van der Waals surface area contributed by atoms with Gasteiger partial charge in [0, 0.05) is 0 Å². The van der Waals surface area contributed by atoms with Crippen LogP contribution in [0.1, 0.15) is 0 Å². The van der Waals surface area contributed by atoms with E-state index in [1.165, 1.54) is 0 Å². The summed E-state index contributed by atoms with van der Waals surface area (Å²) >= 11 is -0.597. The summed E-state index contributed by atoms with van der Waals surface area (Å²) in [4.78, 5) is 0. The molecule has 0 unspecified atom stereocenters. The molecule has 3 nitrogen and oxygen atoms in total. The number of halogens is 17. The third-order valence-electron chi connectivity index (χ3n) is 2.95. The van der Waals surface area contributed by atoms with Crippen molar-refractivity contribution in [1.82, 2.24) is 0 Å². The summed E-state index contributed by atoms with van der Waals surface area (Å²) in [6.45, 7) is 0. The van der Waals surface area contributed by atoms with E-state index in [9.17, 15) is 83.1 Å².